The van der Waals surface area contributed by atoms with Crippen molar-refractivity contribution in [1.29, 1.82) is 0 Å². The van der Waals surface area contributed by atoms with E-state index >= 15 is 0 Å². The number of hydrogen-bond acceptors (Lipinski definition) is 2. The van der Waals surface area contributed by atoms with E-state index in [0.29, 0.717) is 0 Å². The van der Waals surface area contributed by atoms with Crippen LogP contribution in [0.1, 0.15) is 11.1 Å². The number of hydrogen-bond donors (Lipinski definition) is 0. The van der Waals surface area contributed by atoms with Crippen molar-refractivity contribution < 1.29 is 26.3 Å². The predicted octanol–water partition coefficient (Wildman–Crippen LogP) is 7.52. The van der Waals surface area contributed by atoms with E-state index in [4.69, 9.17) is 0 Å². The predicted molar refractivity (Wildman–Crippen MR) is 108 cm³/mol. The van der Waals surface area contributed by atoms with E-state index in [1.807, 2.05) is 0 Å². The lowest BCUT2D eigenvalue weighted by Gasteiger charge is -2.14. The lowest BCUT2D eigenvalue weighted by molar-refractivity contribution is -0.137. The van der Waals surface area contributed by atoms with Crippen LogP contribution in [0.3, 0.4) is 0 Å². The van der Waals surface area contributed by atoms with Gasteiger partial charge in [0.25, 0.3) is 0 Å². The van der Waals surface area contributed by atoms with Crippen LogP contribution in [0.25, 0.3) is 33.6 Å². The molecule has 0 amide bonds. The standard InChI is InChI=1S/C24H14F6N2/c25-23(26,27)19-7-3-1-5-17(19)15-9-11-31-21(13-15)22-14-16(10-12-32-22)18-6-2-4-8-20(18)24(28,29)30/h1-14H. The van der Waals surface area contributed by atoms with Crippen LogP contribution in [0.2, 0.25) is 0 Å². The van der Waals surface area contributed by atoms with Crippen molar-refractivity contribution in [2.45, 2.75) is 12.4 Å². The highest BCUT2D eigenvalue weighted by molar-refractivity contribution is 5.75. The number of aromatic nitrogens is 2. The molecule has 2 heterocycles. The maximum absolute atomic E-state index is 13.4. The minimum Gasteiger partial charge on any atom is -0.255 e. The molecule has 0 saturated heterocycles. The Morgan fingerprint density at radius 2 is 0.875 bits per heavy atom. The summed E-state index contributed by atoms with van der Waals surface area (Å²) in [6.07, 6.45) is -6.40. The smallest absolute Gasteiger partial charge is 0.255 e. The lowest BCUT2D eigenvalue weighted by atomic mass is 9.97. The van der Waals surface area contributed by atoms with Gasteiger partial charge in [-0.15, -0.1) is 0 Å². The van der Waals surface area contributed by atoms with Gasteiger partial charge >= 0.3 is 12.4 Å². The van der Waals surface area contributed by atoms with Gasteiger partial charge in [-0.3, -0.25) is 9.97 Å². The summed E-state index contributed by atoms with van der Waals surface area (Å²) in [7, 11) is 0. The molecule has 0 spiro atoms. The third kappa shape index (κ3) is 4.34. The quantitative estimate of drug-likeness (QED) is 0.306. The van der Waals surface area contributed by atoms with Crippen molar-refractivity contribution in [1.82, 2.24) is 9.97 Å². The second-order valence-corrected chi connectivity index (χ2v) is 6.95. The topological polar surface area (TPSA) is 25.8 Å². The van der Waals surface area contributed by atoms with Gasteiger partial charge in [-0.2, -0.15) is 26.3 Å². The van der Waals surface area contributed by atoms with Crippen LogP contribution in [-0.2, 0) is 12.4 Å². The normalized spacial score (nSPS) is 12.1. The molecule has 0 N–H and O–H groups in total. The summed E-state index contributed by atoms with van der Waals surface area (Å²) in [4.78, 5) is 8.33. The summed E-state index contributed by atoms with van der Waals surface area (Å²) in [5.74, 6) is 0. The summed E-state index contributed by atoms with van der Waals surface area (Å²) in [5.41, 5.74) is -0.617. The Labute approximate surface area is 179 Å². The van der Waals surface area contributed by atoms with Gasteiger partial charge in [0.2, 0.25) is 0 Å². The van der Waals surface area contributed by atoms with Crippen molar-refractivity contribution in [2.75, 3.05) is 0 Å². The Bertz CT molecular complexity index is 1160. The van der Waals surface area contributed by atoms with Crippen LogP contribution >= 0.6 is 0 Å². The first-order chi connectivity index (χ1) is 15.1. The second kappa shape index (κ2) is 8.11. The lowest BCUT2D eigenvalue weighted by Crippen LogP contribution is -2.07. The second-order valence-electron chi connectivity index (χ2n) is 6.95. The molecule has 0 aliphatic heterocycles. The van der Waals surface area contributed by atoms with Crippen LogP contribution < -0.4 is 0 Å². The summed E-state index contributed by atoms with van der Waals surface area (Å²) < 4.78 is 80.5. The molecule has 2 nitrogen and oxygen atoms in total. The molecule has 4 aromatic rings. The molecular formula is C24H14F6N2. The Balaban J connectivity index is 1.79. The zero-order valence-electron chi connectivity index (χ0n) is 16.2. The maximum Gasteiger partial charge on any atom is 0.417 e. The largest absolute Gasteiger partial charge is 0.417 e. The van der Waals surface area contributed by atoms with Crippen LogP contribution in [0.4, 0.5) is 26.3 Å². The summed E-state index contributed by atoms with van der Waals surface area (Å²) in [5, 5.41) is 0. The molecule has 0 unspecified atom stereocenters. The minimum atomic E-state index is -4.54. The average molecular weight is 444 g/mol. The van der Waals surface area contributed by atoms with E-state index < -0.39 is 23.5 Å². The average Bonchev–Trinajstić information content (AvgIpc) is 2.78. The number of halogens is 6. The Morgan fingerprint density at radius 1 is 0.500 bits per heavy atom. The number of nitrogens with zero attached hydrogens (tertiary/aromatic N) is 2. The van der Waals surface area contributed by atoms with Gasteiger partial charge < -0.3 is 0 Å². The van der Waals surface area contributed by atoms with Crippen LogP contribution in [0.15, 0.2) is 85.2 Å². The summed E-state index contributed by atoms with van der Waals surface area (Å²) in [6.45, 7) is 0. The SMILES string of the molecule is FC(F)(F)c1ccccc1-c1ccnc(-c2cc(-c3ccccc3C(F)(F)F)ccn2)c1. The number of rotatable bonds is 3. The van der Waals surface area contributed by atoms with Crippen molar-refractivity contribution >= 4 is 0 Å². The molecule has 0 aliphatic carbocycles. The zero-order chi connectivity index (χ0) is 22.9. The molecule has 2 aromatic carbocycles. The Morgan fingerprint density at radius 3 is 1.25 bits per heavy atom. The van der Waals surface area contributed by atoms with Crippen molar-refractivity contribution in [3.05, 3.63) is 96.3 Å². The monoisotopic (exact) mass is 444 g/mol. The number of alkyl halides is 6. The van der Waals surface area contributed by atoms with Crippen molar-refractivity contribution in [2.24, 2.45) is 0 Å². The van der Waals surface area contributed by atoms with E-state index in [1.54, 1.807) is 0 Å². The van der Waals surface area contributed by atoms with Crippen molar-refractivity contribution in [3.8, 4) is 33.6 Å². The molecule has 8 heteroatoms. The Kier molecular flexibility index (Phi) is 5.46. The van der Waals surface area contributed by atoms with Gasteiger partial charge in [0.1, 0.15) is 0 Å². The fourth-order valence-electron chi connectivity index (χ4n) is 3.44. The highest BCUT2D eigenvalue weighted by atomic mass is 19.4. The first kappa shape index (κ1) is 21.5. The van der Waals surface area contributed by atoms with Gasteiger partial charge in [-0.05, 0) is 58.7 Å². The highest BCUT2D eigenvalue weighted by Gasteiger charge is 2.34. The van der Waals surface area contributed by atoms with Gasteiger partial charge in [0.15, 0.2) is 0 Å². The number of pyridine rings is 2. The molecule has 2 aromatic heterocycles. The van der Waals surface area contributed by atoms with Crippen molar-refractivity contribution in [3.63, 3.8) is 0 Å². The molecule has 0 radical (unpaired) electrons. The van der Waals surface area contributed by atoms with Gasteiger partial charge in [0, 0.05) is 12.4 Å². The van der Waals surface area contributed by atoms with Gasteiger partial charge in [0.05, 0.1) is 22.5 Å². The summed E-state index contributed by atoms with van der Waals surface area (Å²) in [6, 6.07) is 16.0. The molecule has 0 saturated carbocycles. The highest BCUT2D eigenvalue weighted by Crippen LogP contribution is 2.39. The minimum absolute atomic E-state index is 0.0257. The van der Waals surface area contributed by atoms with E-state index in [0.717, 1.165) is 12.1 Å². The van der Waals surface area contributed by atoms with Gasteiger partial charge in [-0.25, -0.2) is 0 Å². The van der Waals surface area contributed by atoms with Crippen LogP contribution in [0, 0.1) is 0 Å². The fraction of sp³-hybridized carbons (Fsp3) is 0.0833. The number of benzene rings is 2. The van der Waals surface area contributed by atoms with E-state index in [-0.39, 0.29) is 33.6 Å². The Hall–Kier alpha value is -3.68. The maximum atomic E-state index is 13.4. The third-order valence-corrected chi connectivity index (χ3v) is 4.87. The first-order valence-electron chi connectivity index (χ1n) is 9.40. The van der Waals surface area contributed by atoms with Gasteiger partial charge in [-0.1, -0.05) is 36.4 Å². The van der Waals surface area contributed by atoms with Crippen LogP contribution in [-0.4, -0.2) is 9.97 Å². The molecule has 4 rings (SSSR count). The molecule has 162 valence electrons. The zero-order valence-corrected chi connectivity index (χ0v) is 16.2. The molecular weight excluding hydrogens is 430 g/mol. The summed E-state index contributed by atoms with van der Waals surface area (Å²) >= 11 is 0. The van der Waals surface area contributed by atoms with Crippen LogP contribution in [0.5, 0.6) is 0 Å². The van der Waals surface area contributed by atoms with E-state index in [9.17, 15) is 26.3 Å². The molecule has 0 atom stereocenters. The van der Waals surface area contributed by atoms with E-state index in [2.05, 4.69) is 9.97 Å². The molecule has 32 heavy (non-hydrogen) atoms. The third-order valence-electron chi connectivity index (χ3n) is 4.87. The molecule has 0 fully saturated rings. The molecule has 0 aliphatic rings. The first-order valence-corrected chi connectivity index (χ1v) is 9.40. The van der Waals surface area contributed by atoms with E-state index in [1.165, 1.54) is 73.1 Å². The molecule has 0 bridgehead atoms. The fourth-order valence-corrected chi connectivity index (χ4v) is 3.44.